The molecule has 53 heavy (non-hydrogen) atoms. The molecule has 0 bridgehead atoms. The number of anilines is 2. The Morgan fingerprint density at radius 2 is 1.47 bits per heavy atom. The summed E-state index contributed by atoms with van der Waals surface area (Å²) in [6.45, 7) is 7.29. The van der Waals surface area contributed by atoms with E-state index >= 15 is 0 Å². The second-order valence-electron chi connectivity index (χ2n) is 13.8. The topological polar surface area (TPSA) is 85.0 Å². The average molecular weight is 748 g/mol. The highest BCUT2D eigenvalue weighted by Gasteiger charge is 2.22. The van der Waals surface area contributed by atoms with E-state index in [0.717, 1.165) is 68.4 Å². The number of aryl methyl sites for hydroxylation is 1. The van der Waals surface area contributed by atoms with Crippen molar-refractivity contribution < 1.29 is 13.2 Å². The van der Waals surface area contributed by atoms with Gasteiger partial charge in [0.1, 0.15) is 0 Å². The summed E-state index contributed by atoms with van der Waals surface area (Å²) in [7, 11) is 0.0431. The molecule has 1 aliphatic heterocycles. The van der Waals surface area contributed by atoms with Crippen molar-refractivity contribution in [2.75, 3.05) is 62.8 Å². The van der Waals surface area contributed by atoms with Crippen LogP contribution in [0.25, 0.3) is 11.1 Å². The monoisotopic (exact) mass is 747 g/mol. The van der Waals surface area contributed by atoms with Crippen LogP contribution in [0.1, 0.15) is 27.9 Å². The molecular formula is C43H49N5O3S2. The minimum absolute atomic E-state index is 0.0543. The van der Waals surface area contributed by atoms with E-state index in [4.69, 9.17) is 0 Å². The minimum atomic E-state index is -4.08. The van der Waals surface area contributed by atoms with Gasteiger partial charge in [0.05, 0.1) is 4.90 Å². The number of hydrogen-bond acceptors (Lipinski definition) is 8. The number of nitrogens with zero attached hydrogens (tertiary/aromatic N) is 3. The minimum Gasteiger partial charge on any atom is -0.381 e. The average Bonchev–Trinajstić information content (AvgIpc) is 3.17. The molecule has 0 aliphatic carbocycles. The highest BCUT2D eigenvalue weighted by molar-refractivity contribution is 7.99. The van der Waals surface area contributed by atoms with E-state index in [1.165, 1.54) is 21.6 Å². The van der Waals surface area contributed by atoms with Crippen LogP contribution in [0.5, 0.6) is 0 Å². The van der Waals surface area contributed by atoms with Gasteiger partial charge in [-0.1, -0.05) is 66.7 Å². The molecule has 1 heterocycles. The van der Waals surface area contributed by atoms with Crippen LogP contribution in [0.2, 0.25) is 0 Å². The van der Waals surface area contributed by atoms with Crippen molar-refractivity contribution in [3.05, 3.63) is 144 Å². The van der Waals surface area contributed by atoms with Crippen molar-refractivity contribution >= 4 is 39.1 Å². The predicted molar refractivity (Wildman–Crippen MR) is 219 cm³/mol. The lowest BCUT2D eigenvalue weighted by atomic mass is 10.0. The molecule has 5 aromatic rings. The zero-order valence-electron chi connectivity index (χ0n) is 30.7. The third-order valence-corrected chi connectivity index (χ3v) is 12.0. The molecule has 6 rings (SSSR count). The number of rotatable bonds is 15. The maximum absolute atomic E-state index is 13.3. The maximum Gasteiger partial charge on any atom is 0.264 e. The normalized spacial score (nSPS) is 14.2. The summed E-state index contributed by atoms with van der Waals surface area (Å²) in [5, 5.41) is 3.63. The lowest BCUT2D eigenvalue weighted by Crippen LogP contribution is -2.46. The number of nitrogens with one attached hydrogen (secondary N) is 2. The molecule has 0 radical (unpaired) electrons. The summed E-state index contributed by atoms with van der Waals surface area (Å²) >= 11 is 1.80. The van der Waals surface area contributed by atoms with Crippen LogP contribution in [0.15, 0.2) is 137 Å². The number of amides is 1. The van der Waals surface area contributed by atoms with Gasteiger partial charge in [-0.05, 0) is 117 Å². The van der Waals surface area contributed by atoms with Crippen LogP contribution in [0.4, 0.5) is 11.4 Å². The number of hydrogen-bond donors (Lipinski definition) is 2. The molecule has 0 aromatic heterocycles. The van der Waals surface area contributed by atoms with Crippen LogP contribution >= 0.6 is 11.8 Å². The van der Waals surface area contributed by atoms with Gasteiger partial charge in [-0.3, -0.25) is 9.69 Å². The molecule has 0 spiro atoms. The molecule has 10 heteroatoms. The molecule has 1 amide bonds. The number of sulfonamides is 1. The van der Waals surface area contributed by atoms with Crippen molar-refractivity contribution in [3.63, 3.8) is 0 Å². The lowest BCUT2D eigenvalue weighted by Gasteiger charge is -2.36. The molecule has 1 saturated heterocycles. The van der Waals surface area contributed by atoms with E-state index in [-0.39, 0.29) is 10.9 Å². The molecule has 5 aromatic carbocycles. The van der Waals surface area contributed by atoms with Crippen molar-refractivity contribution in [1.82, 2.24) is 14.5 Å². The van der Waals surface area contributed by atoms with Crippen molar-refractivity contribution in [2.24, 2.45) is 0 Å². The fourth-order valence-electron chi connectivity index (χ4n) is 6.48. The molecular weight excluding hydrogens is 699 g/mol. The Kier molecular flexibility index (Phi) is 12.9. The summed E-state index contributed by atoms with van der Waals surface area (Å²) in [5.41, 5.74) is 6.73. The van der Waals surface area contributed by atoms with Crippen molar-refractivity contribution in [1.29, 1.82) is 0 Å². The number of thioether (sulfide) groups is 1. The van der Waals surface area contributed by atoms with Crippen LogP contribution in [0, 0.1) is 6.92 Å². The Labute approximate surface area is 319 Å². The summed E-state index contributed by atoms with van der Waals surface area (Å²) < 4.78 is 28.9. The number of piperazine rings is 1. The SMILES string of the molecule is Cc1cc(S(=O)(=O)NC(=O)c2ccc(N3CCN(Cc4cccc(-c5ccccc5)c4)CC3)cc2)ccc1N[C@H](CCN(C)C)CSc1ccccc1. The highest BCUT2D eigenvalue weighted by Crippen LogP contribution is 2.26. The first-order valence-corrected chi connectivity index (χ1v) is 20.6. The second kappa shape index (κ2) is 17.9. The molecule has 2 N–H and O–H groups in total. The first-order chi connectivity index (χ1) is 25.6. The largest absolute Gasteiger partial charge is 0.381 e. The first kappa shape index (κ1) is 38.1. The van der Waals surface area contributed by atoms with Gasteiger partial charge in [0, 0.05) is 66.4 Å². The van der Waals surface area contributed by atoms with Gasteiger partial charge in [-0.15, -0.1) is 11.8 Å². The Hall–Kier alpha value is -4.61. The third-order valence-electron chi connectivity index (χ3n) is 9.52. The molecule has 1 aliphatic rings. The molecule has 0 unspecified atom stereocenters. The van der Waals surface area contributed by atoms with Gasteiger partial charge in [-0.25, -0.2) is 13.1 Å². The molecule has 1 fully saturated rings. The van der Waals surface area contributed by atoms with E-state index in [2.05, 4.69) is 99.5 Å². The first-order valence-electron chi connectivity index (χ1n) is 18.1. The van der Waals surface area contributed by atoms with Gasteiger partial charge < -0.3 is 15.1 Å². The van der Waals surface area contributed by atoms with E-state index < -0.39 is 15.9 Å². The standard InChI is InChI=1S/C43H49N5O3S2/c1-33-29-41(21-22-42(33)44-38(23-24-46(2)3)32-52-40-15-8-5-9-16-40)53(50,51)45-43(49)36-17-19-39(20-18-36)48-27-25-47(26-28-48)31-34-11-10-14-37(30-34)35-12-6-4-7-13-35/h4-22,29-30,38,44H,23-28,31-32H2,1-3H3,(H,45,49)/t38-/m1/s1. The van der Waals surface area contributed by atoms with Gasteiger partial charge in [-0.2, -0.15) is 0 Å². The summed E-state index contributed by atoms with van der Waals surface area (Å²) in [4.78, 5) is 21.3. The van der Waals surface area contributed by atoms with Crippen LogP contribution < -0.4 is 14.9 Å². The Balaban J connectivity index is 1.01. The van der Waals surface area contributed by atoms with Gasteiger partial charge in [0.2, 0.25) is 0 Å². The molecule has 1 atom stereocenters. The Morgan fingerprint density at radius 1 is 0.792 bits per heavy atom. The fraction of sp³-hybridized carbons (Fsp3) is 0.279. The third kappa shape index (κ3) is 10.7. The van der Waals surface area contributed by atoms with Crippen molar-refractivity contribution in [3.8, 4) is 11.1 Å². The van der Waals surface area contributed by atoms with Gasteiger partial charge >= 0.3 is 0 Å². The Morgan fingerprint density at radius 3 is 2.15 bits per heavy atom. The molecule has 8 nitrogen and oxygen atoms in total. The highest BCUT2D eigenvalue weighted by atomic mass is 32.2. The zero-order chi connectivity index (χ0) is 37.2. The van der Waals surface area contributed by atoms with E-state index in [9.17, 15) is 13.2 Å². The van der Waals surface area contributed by atoms with Crippen LogP contribution in [-0.4, -0.2) is 82.7 Å². The van der Waals surface area contributed by atoms with Gasteiger partial charge in [0.15, 0.2) is 0 Å². The van der Waals surface area contributed by atoms with Crippen LogP contribution in [0.3, 0.4) is 0 Å². The summed E-state index contributed by atoms with van der Waals surface area (Å²) in [5.74, 6) is 0.216. The number of carbonyl (C=O) groups is 1. The van der Waals surface area contributed by atoms with E-state index in [1.807, 2.05) is 43.3 Å². The van der Waals surface area contributed by atoms with Gasteiger partial charge in [0.25, 0.3) is 15.9 Å². The van der Waals surface area contributed by atoms with E-state index in [1.54, 1.807) is 42.1 Å². The maximum atomic E-state index is 13.3. The quantitative estimate of drug-likeness (QED) is 0.106. The number of benzene rings is 5. The van der Waals surface area contributed by atoms with Crippen LogP contribution in [-0.2, 0) is 16.6 Å². The zero-order valence-corrected chi connectivity index (χ0v) is 32.4. The smallest absolute Gasteiger partial charge is 0.264 e. The number of carbonyl (C=O) groups excluding carboxylic acids is 1. The second-order valence-corrected chi connectivity index (χ2v) is 16.6. The lowest BCUT2D eigenvalue weighted by molar-refractivity contribution is 0.0981. The summed E-state index contributed by atoms with van der Waals surface area (Å²) in [6, 6.07) is 41.8. The Bertz CT molecular complexity index is 2050. The molecule has 276 valence electrons. The fourth-order valence-corrected chi connectivity index (χ4v) is 8.53. The van der Waals surface area contributed by atoms with E-state index in [0.29, 0.717) is 5.56 Å². The van der Waals surface area contributed by atoms with Crippen molar-refractivity contribution in [2.45, 2.75) is 35.7 Å². The summed E-state index contributed by atoms with van der Waals surface area (Å²) in [6.07, 6.45) is 0.932. The predicted octanol–water partition coefficient (Wildman–Crippen LogP) is 7.63. The molecule has 0 saturated carbocycles.